The van der Waals surface area contributed by atoms with Crippen molar-refractivity contribution in [3.05, 3.63) is 57.8 Å². The van der Waals surface area contributed by atoms with E-state index in [2.05, 4.69) is 15.9 Å². The summed E-state index contributed by atoms with van der Waals surface area (Å²) in [5, 5.41) is 8.76. The average Bonchev–Trinajstić information content (AvgIpc) is 2.45. The lowest BCUT2D eigenvalue weighted by Crippen LogP contribution is -2.03. The van der Waals surface area contributed by atoms with E-state index in [1.54, 1.807) is 25.3 Å². The Kier molecular flexibility index (Phi) is 4.80. The summed E-state index contributed by atoms with van der Waals surface area (Å²) in [7, 11) is 1.56. The third kappa shape index (κ3) is 3.72. The molecule has 0 fully saturated rings. The predicted molar refractivity (Wildman–Crippen MR) is 78.4 cm³/mol. The molecule has 4 nitrogen and oxygen atoms in total. The molecule has 0 aliphatic carbocycles. The summed E-state index contributed by atoms with van der Waals surface area (Å²) in [6.07, 6.45) is 0. The minimum atomic E-state index is -1.29. The summed E-state index contributed by atoms with van der Waals surface area (Å²) in [6, 6.07) is 9.12. The molecule has 110 valence electrons. The zero-order chi connectivity index (χ0) is 15.4. The number of hydrogen-bond donors (Lipinski definition) is 1. The first-order chi connectivity index (χ1) is 10.0. The molecule has 0 amide bonds. The Hall–Kier alpha value is -2.08. The van der Waals surface area contributed by atoms with Crippen LogP contribution in [-0.4, -0.2) is 18.2 Å². The highest BCUT2D eigenvalue weighted by Crippen LogP contribution is 2.29. The molecule has 0 atom stereocenters. The lowest BCUT2D eigenvalue weighted by atomic mass is 10.1. The van der Waals surface area contributed by atoms with Crippen LogP contribution in [0.3, 0.4) is 0 Å². The van der Waals surface area contributed by atoms with Crippen molar-refractivity contribution in [1.82, 2.24) is 0 Å². The van der Waals surface area contributed by atoms with E-state index in [9.17, 15) is 9.18 Å². The van der Waals surface area contributed by atoms with E-state index in [1.807, 2.05) is 0 Å². The number of carboxylic acid groups (broad SMARTS) is 1. The zero-order valence-electron chi connectivity index (χ0n) is 11.1. The number of aromatic carboxylic acids is 1. The smallest absolute Gasteiger partial charge is 0.338 e. The molecule has 0 radical (unpaired) electrons. The van der Waals surface area contributed by atoms with Crippen molar-refractivity contribution in [3.8, 4) is 11.5 Å². The van der Waals surface area contributed by atoms with E-state index in [0.29, 0.717) is 21.5 Å². The Morgan fingerprint density at radius 2 is 2.05 bits per heavy atom. The van der Waals surface area contributed by atoms with Gasteiger partial charge in [-0.2, -0.15) is 0 Å². The molecular formula is C15H12BrFO4. The molecule has 0 saturated heterocycles. The maximum atomic E-state index is 13.5. The maximum absolute atomic E-state index is 13.5. The molecule has 21 heavy (non-hydrogen) atoms. The Bertz CT molecular complexity index is 673. The molecule has 0 bridgehead atoms. The van der Waals surface area contributed by atoms with Crippen molar-refractivity contribution in [2.45, 2.75) is 6.61 Å². The summed E-state index contributed by atoms with van der Waals surface area (Å²) in [5.74, 6) is -0.806. The van der Waals surface area contributed by atoms with Gasteiger partial charge in [-0.05, 0) is 51.8 Å². The Morgan fingerprint density at radius 3 is 2.62 bits per heavy atom. The molecule has 0 aromatic heterocycles. The molecule has 0 heterocycles. The first-order valence-corrected chi connectivity index (χ1v) is 6.78. The lowest BCUT2D eigenvalue weighted by Gasteiger charge is -2.10. The molecule has 2 aromatic rings. The molecule has 1 N–H and O–H groups in total. The first-order valence-electron chi connectivity index (χ1n) is 5.99. The second-order valence-corrected chi connectivity index (χ2v) is 5.06. The van der Waals surface area contributed by atoms with Gasteiger partial charge < -0.3 is 14.6 Å². The summed E-state index contributed by atoms with van der Waals surface area (Å²) in [5.41, 5.74) is 0.185. The van der Waals surface area contributed by atoms with Gasteiger partial charge in [0.1, 0.15) is 23.9 Å². The standard InChI is InChI=1S/C15H12BrFO4/c1-20-10-3-5-14(12(16)7-10)21-8-9-2-4-11(15(18)19)13(17)6-9/h2-7H,8H2,1H3,(H,18,19). The largest absolute Gasteiger partial charge is 0.497 e. The van der Waals surface area contributed by atoms with Gasteiger partial charge in [0, 0.05) is 0 Å². The fraction of sp³-hybridized carbons (Fsp3) is 0.133. The van der Waals surface area contributed by atoms with Crippen molar-refractivity contribution in [1.29, 1.82) is 0 Å². The van der Waals surface area contributed by atoms with Gasteiger partial charge in [0.15, 0.2) is 0 Å². The van der Waals surface area contributed by atoms with Crippen LogP contribution in [0.5, 0.6) is 11.5 Å². The van der Waals surface area contributed by atoms with Crippen LogP contribution in [0.25, 0.3) is 0 Å². The monoisotopic (exact) mass is 354 g/mol. The van der Waals surface area contributed by atoms with Crippen molar-refractivity contribution in [2.24, 2.45) is 0 Å². The van der Waals surface area contributed by atoms with E-state index < -0.39 is 11.8 Å². The average molecular weight is 355 g/mol. The van der Waals surface area contributed by atoms with Crippen LogP contribution in [0.15, 0.2) is 40.9 Å². The normalized spacial score (nSPS) is 10.2. The van der Waals surface area contributed by atoms with Crippen molar-refractivity contribution >= 4 is 21.9 Å². The maximum Gasteiger partial charge on any atom is 0.338 e. The molecule has 0 saturated carbocycles. The molecule has 6 heteroatoms. The molecule has 0 unspecified atom stereocenters. The summed E-state index contributed by atoms with van der Waals surface area (Å²) in [4.78, 5) is 10.7. The topological polar surface area (TPSA) is 55.8 Å². The van der Waals surface area contributed by atoms with E-state index in [0.717, 1.165) is 6.07 Å². The number of halogens is 2. The number of rotatable bonds is 5. The van der Waals surface area contributed by atoms with Gasteiger partial charge in [-0.3, -0.25) is 0 Å². The molecule has 2 rings (SSSR count). The van der Waals surface area contributed by atoms with Gasteiger partial charge in [-0.15, -0.1) is 0 Å². The summed E-state index contributed by atoms with van der Waals surface area (Å²) >= 11 is 3.35. The number of ether oxygens (including phenoxy) is 2. The van der Waals surface area contributed by atoms with Gasteiger partial charge in [0.2, 0.25) is 0 Å². The van der Waals surface area contributed by atoms with Crippen LogP contribution in [0.1, 0.15) is 15.9 Å². The third-order valence-electron chi connectivity index (χ3n) is 2.80. The van der Waals surface area contributed by atoms with Gasteiger partial charge in [-0.1, -0.05) is 6.07 Å². The first kappa shape index (κ1) is 15.3. The van der Waals surface area contributed by atoms with Crippen molar-refractivity contribution in [3.63, 3.8) is 0 Å². The SMILES string of the molecule is COc1ccc(OCc2ccc(C(=O)O)c(F)c2)c(Br)c1. The minimum Gasteiger partial charge on any atom is -0.497 e. The number of benzene rings is 2. The van der Waals surface area contributed by atoms with Crippen LogP contribution >= 0.6 is 15.9 Å². The molecular weight excluding hydrogens is 343 g/mol. The van der Waals surface area contributed by atoms with Crippen LogP contribution in [0, 0.1) is 5.82 Å². The number of carboxylic acids is 1. The van der Waals surface area contributed by atoms with Crippen molar-refractivity contribution < 1.29 is 23.8 Å². The lowest BCUT2D eigenvalue weighted by molar-refractivity contribution is 0.0692. The molecule has 0 aliphatic heterocycles. The fourth-order valence-electron chi connectivity index (χ4n) is 1.71. The molecule has 2 aromatic carbocycles. The predicted octanol–water partition coefficient (Wildman–Crippen LogP) is 3.87. The van der Waals surface area contributed by atoms with E-state index in [-0.39, 0.29) is 12.2 Å². The molecule has 0 aliphatic rings. The molecule has 0 spiro atoms. The highest BCUT2D eigenvalue weighted by atomic mass is 79.9. The number of methoxy groups -OCH3 is 1. The van der Waals surface area contributed by atoms with Gasteiger partial charge in [0.05, 0.1) is 17.1 Å². The Morgan fingerprint density at radius 1 is 1.29 bits per heavy atom. The zero-order valence-corrected chi connectivity index (χ0v) is 12.7. The van der Waals surface area contributed by atoms with E-state index in [4.69, 9.17) is 14.6 Å². The van der Waals surface area contributed by atoms with E-state index >= 15 is 0 Å². The Labute approximate surface area is 129 Å². The van der Waals surface area contributed by atoms with Crippen LogP contribution in [-0.2, 0) is 6.61 Å². The minimum absolute atomic E-state index is 0.127. The second-order valence-electron chi connectivity index (χ2n) is 4.20. The van der Waals surface area contributed by atoms with Gasteiger partial charge in [0.25, 0.3) is 0 Å². The Balaban J connectivity index is 2.10. The van der Waals surface area contributed by atoms with Gasteiger partial charge >= 0.3 is 5.97 Å². The number of carbonyl (C=O) groups is 1. The van der Waals surface area contributed by atoms with Crippen LogP contribution in [0.4, 0.5) is 4.39 Å². The highest BCUT2D eigenvalue weighted by Gasteiger charge is 2.11. The fourth-order valence-corrected chi connectivity index (χ4v) is 2.18. The highest BCUT2D eigenvalue weighted by molar-refractivity contribution is 9.10. The summed E-state index contributed by atoms with van der Waals surface area (Å²) < 4.78 is 24.9. The quantitative estimate of drug-likeness (QED) is 0.885. The third-order valence-corrected chi connectivity index (χ3v) is 3.42. The second kappa shape index (κ2) is 6.58. The van der Waals surface area contributed by atoms with Crippen LogP contribution < -0.4 is 9.47 Å². The van der Waals surface area contributed by atoms with E-state index in [1.165, 1.54) is 12.1 Å². The number of hydrogen-bond acceptors (Lipinski definition) is 3. The van der Waals surface area contributed by atoms with Gasteiger partial charge in [-0.25, -0.2) is 9.18 Å². The van der Waals surface area contributed by atoms with Crippen LogP contribution in [0.2, 0.25) is 0 Å². The summed E-state index contributed by atoms with van der Waals surface area (Å²) in [6.45, 7) is 0.127. The van der Waals surface area contributed by atoms with Crippen molar-refractivity contribution in [2.75, 3.05) is 7.11 Å².